The minimum absolute atomic E-state index is 0.385. The summed E-state index contributed by atoms with van der Waals surface area (Å²) in [5.41, 5.74) is -0.396. The minimum atomic E-state index is -0.884. The van der Waals surface area contributed by atoms with Crippen molar-refractivity contribution in [1.82, 2.24) is 0 Å². The molecule has 0 aromatic heterocycles. The molecule has 1 aliphatic rings. The van der Waals surface area contributed by atoms with Crippen LogP contribution in [-0.4, -0.2) is 32.1 Å². The third kappa shape index (κ3) is 2.16. The fourth-order valence-electron chi connectivity index (χ4n) is 1.70. The van der Waals surface area contributed by atoms with Crippen molar-refractivity contribution in [2.45, 2.75) is 18.4 Å². The van der Waals surface area contributed by atoms with Crippen LogP contribution in [0.4, 0.5) is 0 Å². The molecule has 1 aromatic carbocycles. The maximum absolute atomic E-state index is 11.6. The van der Waals surface area contributed by atoms with Gasteiger partial charge in [0.2, 0.25) is 5.60 Å². The molecule has 1 aromatic rings. The standard InChI is InChI=1S/C13H14O5/c1-16-11-7-9(8-14)3-4-10(11)18-13(5-6-13)12(15)17-2/h3-4,7-8H,5-6H2,1-2H3. The van der Waals surface area contributed by atoms with Crippen LogP contribution in [0.3, 0.4) is 0 Å². The van der Waals surface area contributed by atoms with Crippen molar-refractivity contribution in [2.75, 3.05) is 14.2 Å². The van der Waals surface area contributed by atoms with Crippen LogP contribution in [0.25, 0.3) is 0 Å². The fraction of sp³-hybridized carbons (Fsp3) is 0.385. The number of hydrogen-bond acceptors (Lipinski definition) is 5. The molecule has 0 aliphatic heterocycles. The van der Waals surface area contributed by atoms with Gasteiger partial charge in [0.05, 0.1) is 14.2 Å². The molecule has 0 N–H and O–H groups in total. The highest BCUT2D eigenvalue weighted by atomic mass is 16.6. The van der Waals surface area contributed by atoms with E-state index in [1.807, 2.05) is 0 Å². The minimum Gasteiger partial charge on any atom is -0.493 e. The van der Waals surface area contributed by atoms with E-state index in [9.17, 15) is 9.59 Å². The van der Waals surface area contributed by atoms with Gasteiger partial charge in [-0.3, -0.25) is 4.79 Å². The van der Waals surface area contributed by atoms with Crippen molar-refractivity contribution in [1.29, 1.82) is 0 Å². The highest BCUT2D eigenvalue weighted by molar-refractivity contribution is 5.83. The number of rotatable bonds is 5. The van der Waals surface area contributed by atoms with Crippen molar-refractivity contribution >= 4 is 12.3 Å². The predicted molar refractivity (Wildman–Crippen MR) is 63.0 cm³/mol. The van der Waals surface area contributed by atoms with Gasteiger partial charge in [-0.2, -0.15) is 0 Å². The molecule has 0 spiro atoms. The number of carbonyl (C=O) groups is 2. The van der Waals surface area contributed by atoms with Crippen LogP contribution in [0.2, 0.25) is 0 Å². The van der Waals surface area contributed by atoms with Gasteiger partial charge in [-0.15, -0.1) is 0 Å². The summed E-state index contributed by atoms with van der Waals surface area (Å²) in [6.07, 6.45) is 1.97. The molecule has 18 heavy (non-hydrogen) atoms. The summed E-state index contributed by atoms with van der Waals surface area (Å²) in [6.45, 7) is 0. The first-order valence-electron chi connectivity index (χ1n) is 5.56. The third-order valence-electron chi connectivity index (χ3n) is 2.89. The van der Waals surface area contributed by atoms with Crippen LogP contribution in [-0.2, 0) is 9.53 Å². The first-order chi connectivity index (χ1) is 8.65. The van der Waals surface area contributed by atoms with Crippen molar-refractivity contribution < 1.29 is 23.8 Å². The SMILES string of the molecule is COC(=O)C1(Oc2ccc(C=O)cc2OC)CC1. The quantitative estimate of drug-likeness (QED) is 0.586. The Balaban J connectivity index is 2.24. The molecule has 0 saturated heterocycles. The van der Waals surface area contributed by atoms with Crippen LogP contribution < -0.4 is 9.47 Å². The Kier molecular flexibility index (Phi) is 3.23. The second-order valence-corrected chi connectivity index (χ2v) is 4.12. The van der Waals surface area contributed by atoms with Gasteiger partial charge >= 0.3 is 5.97 Å². The lowest BCUT2D eigenvalue weighted by atomic mass is 10.2. The Morgan fingerprint density at radius 2 is 2.00 bits per heavy atom. The first kappa shape index (κ1) is 12.4. The number of carbonyl (C=O) groups excluding carboxylic acids is 2. The lowest BCUT2D eigenvalue weighted by Gasteiger charge is -2.17. The Morgan fingerprint density at radius 1 is 1.28 bits per heavy atom. The van der Waals surface area contributed by atoms with Gasteiger partial charge in [0.25, 0.3) is 0 Å². The van der Waals surface area contributed by atoms with Gasteiger partial charge in [-0.05, 0) is 18.2 Å². The van der Waals surface area contributed by atoms with Gasteiger partial charge in [-0.1, -0.05) is 0 Å². The molecule has 0 atom stereocenters. The van der Waals surface area contributed by atoms with Gasteiger partial charge in [0.1, 0.15) is 6.29 Å². The smallest absolute Gasteiger partial charge is 0.350 e. The molecule has 0 unspecified atom stereocenters. The van der Waals surface area contributed by atoms with E-state index in [1.54, 1.807) is 18.2 Å². The van der Waals surface area contributed by atoms with E-state index in [-0.39, 0.29) is 5.97 Å². The average molecular weight is 250 g/mol. The summed E-state index contributed by atoms with van der Waals surface area (Å²) in [7, 11) is 2.81. The summed E-state index contributed by atoms with van der Waals surface area (Å²) >= 11 is 0. The van der Waals surface area contributed by atoms with Gasteiger partial charge in [-0.25, -0.2) is 4.79 Å². The van der Waals surface area contributed by atoms with Crippen molar-refractivity contribution in [3.8, 4) is 11.5 Å². The lowest BCUT2D eigenvalue weighted by Crippen LogP contribution is -2.30. The number of ether oxygens (including phenoxy) is 3. The zero-order chi connectivity index (χ0) is 13.2. The zero-order valence-electron chi connectivity index (χ0n) is 10.3. The Morgan fingerprint density at radius 3 is 2.50 bits per heavy atom. The number of hydrogen-bond donors (Lipinski definition) is 0. The van der Waals surface area contributed by atoms with E-state index < -0.39 is 5.60 Å². The lowest BCUT2D eigenvalue weighted by molar-refractivity contribution is -0.151. The van der Waals surface area contributed by atoms with Crippen LogP contribution in [0, 0.1) is 0 Å². The van der Waals surface area contributed by atoms with Gasteiger partial charge < -0.3 is 14.2 Å². The maximum Gasteiger partial charge on any atom is 0.350 e. The molecular formula is C13H14O5. The summed E-state index contributed by atoms with van der Waals surface area (Å²) in [4.78, 5) is 22.2. The van der Waals surface area contributed by atoms with Crippen LogP contribution >= 0.6 is 0 Å². The van der Waals surface area contributed by atoms with Gasteiger partial charge in [0.15, 0.2) is 11.5 Å². The second kappa shape index (κ2) is 4.68. The molecule has 1 saturated carbocycles. The molecule has 0 radical (unpaired) electrons. The summed E-state index contributed by atoms with van der Waals surface area (Å²) in [5.74, 6) is 0.477. The molecule has 0 heterocycles. The Hall–Kier alpha value is -2.04. The van der Waals surface area contributed by atoms with E-state index in [1.165, 1.54) is 14.2 Å². The van der Waals surface area contributed by atoms with E-state index in [0.29, 0.717) is 29.9 Å². The molecule has 0 bridgehead atoms. The van der Waals surface area contributed by atoms with E-state index in [2.05, 4.69) is 0 Å². The van der Waals surface area contributed by atoms with E-state index >= 15 is 0 Å². The van der Waals surface area contributed by atoms with Gasteiger partial charge in [0, 0.05) is 18.4 Å². The number of benzene rings is 1. The monoisotopic (exact) mass is 250 g/mol. The Labute approximate surface area is 105 Å². The third-order valence-corrected chi connectivity index (χ3v) is 2.89. The number of aldehydes is 1. The maximum atomic E-state index is 11.6. The summed E-state index contributed by atoms with van der Waals surface area (Å²) in [5, 5.41) is 0. The normalized spacial score (nSPS) is 15.7. The van der Waals surface area contributed by atoms with Crippen molar-refractivity contribution in [2.24, 2.45) is 0 Å². The average Bonchev–Trinajstić information content (AvgIpc) is 3.19. The summed E-state index contributed by atoms with van der Waals surface area (Å²) < 4.78 is 15.5. The van der Waals surface area contributed by atoms with Crippen LogP contribution in [0.15, 0.2) is 18.2 Å². The van der Waals surface area contributed by atoms with E-state index in [0.717, 1.165) is 6.29 Å². The first-order valence-corrected chi connectivity index (χ1v) is 5.56. The highest BCUT2D eigenvalue weighted by Gasteiger charge is 2.54. The number of esters is 1. The van der Waals surface area contributed by atoms with Crippen molar-refractivity contribution in [3.05, 3.63) is 23.8 Å². The van der Waals surface area contributed by atoms with Crippen LogP contribution in [0.1, 0.15) is 23.2 Å². The molecule has 5 heteroatoms. The predicted octanol–water partition coefficient (Wildman–Crippen LogP) is 1.59. The largest absolute Gasteiger partial charge is 0.493 e. The zero-order valence-corrected chi connectivity index (χ0v) is 10.3. The topological polar surface area (TPSA) is 61.8 Å². The molecular weight excluding hydrogens is 236 g/mol. The highest BCUT2D eigenvalue weighted by Crippen LogP contribution is 2.43. The summed E-state index contributed by atoms with van der Waals surface area (Å²) in [6, 6.07) is 4.79. The van der Waals surface area contributed by atoms with Crippen LogP contribution in [0.5, 0.6) is 11.5 Å². The molecule has 96 valence electrons. The molecule has 0 amide bonds. The molecule has 1 aliphatic carbocycles. The Bertz CT molecular complexity index is 476. The second-order valence-electron chi connectivity index (χ2n) is 4.12. The van der Waals surface area contributed by atoms with Crippen molar-refractivity contribution in [3.63, 3.8) is 0 Å². The molecule has 1 fully saturated rings. The molecule has 2 rings (SSSR count). The van der Waals surface area contributed by atoms with E-state index in [4.69, 9.17) is 14.2 Å². The number of methoxy groups -OCH3 is 2. The fourth-order valence-corrected chi connectivity index (χ4v) is 1.70. The molecule has 5 nitrogen and oxygen atoms in total.